The van der Waals surface area contributed by atoms with Crippen LogP contribution >= 0.6 is 11.8 Å². The number of likely N-dealkylation sites (N-methyl/N-ethyl adjacent to an activating group) is 1. The highest BCUT2D eigenvalue weighted by molar-refractivity contribution is 7.98. The topological polar surface area (TPSA) is 49.4 Å². The summed E-state index contributed by atoms with van der Waals surface area (Å²) in [4.78, 5) is 29.5. The maximum Gasteiger partial charge on any atom is 0.254 e. The molecule has 4 nitrogen and oxygen atoms in total. The van der Waals surface area contributed by atoms with Crippen LogP contribution in [-0.2, 0) is 17.0 Å². The second-order valence-electron chi connectivity index (χ2n) is 8.59. The van der Waals surface area contributed by atoms with Crippen molar-refractivity contribution in [1.29, 1.82) is 0 Å². The zero-order valence-corrected chi connectivity index (χ0v) is 21.5. The molecule has 0 unspecified atom stereocenters. The molecule has 4 aromatic carbocycles. The number of thioether (sulfide) groups is 1. The molecule has 0 heterocycles. The Bertz CT molecular complexity index is 1300. The molecule has 1 atom stereocenters. The van der Waals surface area contributed by atoms with E-state index in [-0.39, 0.29) is 11.8 Å². The van der Waals surface area contributed by atoms with Gasteiger partial charge in [-0.1, -0.05) is 60.7 Å². The molecule has 0 fully saturated rings. The van der Waals surface area contributed by atoms with Crippen molar-refractivity contribution in [2.75, 3.05) is 11.9 Å². The molecule has 1 N–H and O–H groups in total. The number of benzene rings is 4. The van der Waals surface area contributed by atoms with Gasteiger partial charge in [0.2, 0.25) is 5.91 Å². The van der Waals surface area contributed by atoms with Crippen molar-refractivity contribution in [1.82, 2.24) is 4.90 Å². The first kappa shape index (κ1) is 26.2. The minimum atomic E-state index is -0.739. The van der Waals surface area contributed by atoms with Crippen LogP contribution in [0.1, 0.15) is 28.4 Å². The van der Waals surface area contributed by atoms with E-state index >= 15 is 0 Å². The zero-order valence-electron chi connectivity index (χ0n) is 20.6. The van der Waals surface area contributed by atoms with E-state index in [9.17, 15) is 14.0 Å². The molecule has 0 spiro atoms. The van der Waals surface area contributed by atoms with Crippen LogP contribution in [0.4, 0.5) is 10.1 Å². The number of carbonyl (C=O) groups excluding carboxylic acids is 2. The molecule has 188 valence electrons. The lowest BCUT2D eigenvalue weighted by Gasteiger charge is -2.30. The van der Waals surface area contributed by atoms with Gasteiger partial charge in [0.1, 0.15) is 11.9 Å². The van der Waals surface area contributed by atoms with E-state index in [0.29, 0.717) is 24.2 Å². The third-order valence-corrected chi connectivity index (χ3v) is 7.10. The van der Waals surface area contributed by atoms with Crippen LogP contribution in [0.25, 0.3) is 0 Å². The maximum atomic E-state index is 13.5. The van der Waals surface area contributed by atoms with Gasteiger partial charge in [0.05, 0.1) is 0 Å². The van der Waals surface area contributed by atoms with E-state index < -0.39 is 11.9 Å². The molecule has 0 saturated carbocycles. The van der Waals surface area contributed by atoms with Gasteiger partial charge in [-0.15, -0.1) is 11.8 Å². The fourth-order valence-electron chi connectivity index (χ4n) is 4.05. The van der Waals surface area contributed by atoms with E-state index in [2.05, 4.69) is 17.4 Å². The van der Waals surface area contributed by atoms with Crippen LogP contribution in [0.15, 0.2) is 114 Å². The summed E-state index contributed by atoms with van der Waals surface area (Å²) >= 11 is 1.73. The van der Waals surface area contributed by atoms with Crippen LogP contribution in [0.2, 0.25) is 0 Å². The number of nitrogens with zero attached hydrogens (tertiary/aromatic N) is 1. The van der Waals surface area contributed by atoms with Gasteiger partial charge in [-0.25, -0.2) is 4.39 Å². The molecule has 37 heavy (non-hydrogen) atoms. The van der Waals surface area contributed by atoms with Gasteiger partial charge in [-0.2, -0.15) is 0 Å². The van der Waals surface area contributed by atoms with Crippen molar-refractivity contribution in [2.45, 2.75) is 30.0 Å². The number of hydrogen-bond acceptors (Lipinski definition) is 3. The normalized spacial score (nSPS) is 11.5. The monoisotopic (exact) mass is 512 g/mol. The predicted molar refractivity (Wildman–Crippen MR) is 148 cm³/mol. The fraction of sp³-hybridized carbons (Fsp3) is 0.161. The molecule has 4 rings (SSSR count). The maximum absolute atomic E-state index is 13.5. The lowest BCUT2D eigenvalue weighted by molar-refractivity contribution is -0.120. The summed E-state index contributed by atoms with van der Waals surface area (Å²) in [6.45, 7) is 2.17. The number of rotatable bonds is 10. The van der Waals surface area contributed by atoms with Crippen LogP contribution in [0.5, 0.6) is 0 Å². The highest BCUT2D eigenvalue weighted by atomic mass is 32.2. The van der Waals surface area contributed by atoms with Crippen LogP contribution < -0.4 is 5.32 Å². The summed E-state index contributed by atoms with van der Waals surface area (Å²) < 4.78 is 13.4. The summed E-state index contributed by atoms with van der Waals surface area (Å²) in [5.41, 5.74) is 3.20. The quantitative estimate of drug-likeness (QED) is 0.237. The first-order chi connectivity index (χ1) is 18.0. The van der Waals surface area contributed by atoms with Crippen LogP contribution in [0, 0.1) is 5.82 Å². The number of hydrogen-bond donors (Lipinski definition) is 1. The number of carbonyl (C=O) groups is 2. The number of nitrogens with one attached hydrogen (secondary N) is 1. The van der Waals surface area contributed by atoms with Gasteiger partial charge >= 0.3 is 0 Å². The van der Waals surface area contributed by atoms with E-state index in [4.69, 9.17) is 0 Å². The molecule has 0 aliphatic carbocycles. The SMILES string of the molecule is CCN(C(=O)c1ccc(F)cc1)[C@@H](Cc1ccccc1)C(=O)Nc1ccc(SCc2ccccc2)cc1. The van der Waals surface area contributed by atoms with Gasteiger partial charge in [-0.3, -0.25) is 9.59 Å². The summed E-state index contributed by atoms with van der Waals surface area (Å²) in [6, 6.07) is 32.3. The summed E-state index contributed by atoms with van der Waals surface area (Å²) in [5, 5.41) is 2.99. The van der Waals surface area contributed by atoms with Gasteiger partial charge < -0.3 is 10.2 Å². The molecular weight excluding hydrogens is 483 g/mol. The molecule has 0 bridgehead atoms. The Balaban J connectivity index is 1.49. The number of amides is 2. The highest BCUT2D eigenvalue weighted by Gasteiger charge is 2.30. The minimum absolute atomic E-state index is 0.272. The van der Waals surface area contributed by atoms with E-state index in [1.807, 2.05) is 79.7 Å². The van der Waals surface area contributed by atoms with Gasteiger partial charge in [0, 0.05) is 34.9 Å². The van der Waals surface area contributed by atoms with Crippen LogP contribution in [0.3, 0.4) is 0 Å². The molecular formula is C31H29FN2O2S. The number of halogens is 1. The summed E-state index contributed by atoms with van der Waals surface area (Å²) in [6.07, 6.45) is 0.360. The van der Waals surface area contributed by atoms with Crippen LogP contribution in [-0.4, -0.2) is 29.3 Å². The third-order valence-electron chi connectivity index (χ3n) is 6.01. The lowest BCUT2D eigenvalue weighted by Crippen LogP contribution is -2.48. The summed E-state index contributed by atoms with van der Waals surface area (Å²) in [7, 11) is 0. The first-order valence-electron chi connectivity index (χ1n) is 12.2. The van der Waals surface area contributed by atoms with Gasteiger partial charge in [0.15, 0.2) is 0 Å². The van der Waals surface area contributed by atoms with Crippen molar-refractivity contribution in [3.05, 3.63) is 132 Å². The van der Waals surface area contributed by atoms with Gasteiger partial charge in [-0.05, 0) is 66.6 Å². The van der Waals surface area contributed by atoms with Crippen molar-refractivity contribution >= 4 is 29.3 Å². The largest absolute Gasteiger partial charge is 0.327 e. The Morgan fingerprint density at radius 1 is 0.811 bits per heavy atom. The minimum Gasteiger partial charge on any atom is -0.327 e. The molecule has 2 amide bonds. The second kappa shape index (κ2) is 12.9. The Hall–Kier alpha value is -3.90. The molecule has 0 saturated heterocycles. The lowest BCUT2D eigenvalue weighted by atomic mass is 10.0. The third kappa shape index (κ3) is 7.30. The van der Waals surface area contributed by atoms with E-state index in [1.165, 1.54) is 29.8 Å². The van der Waals surface area contributed by atoms with Crippen molar-refractivity contribution in [2.24, 2.45) is 0 Å². The Morgan fingerprint density at radius 3 is 2.00 bits per heavy atom. The molecule has 6 heteroatoms. The zero-order chi connectivity index (χ0) is 26.0. The first-order valence-corrected chi connectivity index (χ1v) is 13.2. The van der Waals surface area contributed by atoms with Crippen molar-refractivity contribution < 1.29 is 14.0 Å². The summed E-state index contributed by atoms with van der Waals surface area (Å²) in [5.74, 6) is -0.136. The molecule has 0 aliphatic rings. The van der Waals surface area contributed by atoms with E-state index in [1.54, 1.807) is 16.7 Å². The Morgan fingerprint density at radius 2 is 1.41 bits per heavy atom. The molecule has 0 radical (unpaired) electrons. The smallest absolute Gasteiger partial charge is 0.254 e. The van der Waals surface area contributed by atoms with Crippen molar-refractivity contribution in [3.63, 3.8) is 0 Å². The molecule has 0 aromatic heterocycles. The average Bonchev–Trinajstić information content (AvgIpc) is 2.94. The van der Waals surface area contributed by atoms with Crippen molar-refractivity contribution in [3.8, 4) is 0 Å². The number of anilines is 1. The molecule has 0 aliphatic heterocycles. The highest BCUT2D eigenvalue weighted by Crippen LogP contribution is 2.25. The average molecular weight is 513 g/mol. The standard InChI is InChI=1S/C31H29FN2O2S/c1-2-34(31(36)25-13-15-26(32)16-14-25)29(21-23-9-5-3-6-10-23)30(35)33-27-17-19-28(20-18-27)37-22-24-11-7-4-8-12-24/h3-20,29H,2,21-22H2,1H3,(H,33,35)/t29-/m0/s1. The predicted octanol–water partition coefficient (Wildman–Crippen LogP) is 6.83. The molecule has 4 aromatic rings. The Labute approximate surface area is 221 Å². The fourth-order valence-corrected chi connectivity index (χ4v) is 4.90. The second-order valence-corrected chi connectivity index (χ2v) is 9.64. The van der Waals surface area contributed by atoms with Gasteiger partial charge in [0.25, 0.3) is 5.91 Å². The Kier molecular flexibility index (Phi) is 9.11. The van der Waals surface area contributed by atoms with E-state index in [0.717, 1.165) is 16.2 Å².